The van der Waals surface area contributed by atoms with Crippen molar-refractivity contribution < 1.29 is 33.3 Å². The number of fused-ring (bicyclic) bond motifs is 1. The maximum atomic E-state index is 14.3. The molecule has 12 nitrogen and oxygen atoms in total. The number of methoxy groups -OCH3 is 3. The molecule has 224 valence electrons. The minimum absolute atomic E-state index is 0.111. The zero-order valence-corrected chi connectivity index (χ0v) is 24.2. The molecular formula is C31H33N5O7. The lowest BCUT2D eigenvalue weighted by Crippen LogP contribution is -2.46. The molecule has 1 saturated heterocycles. The summed E-state index contributed by atoms with van der Waals surface area (Å²) < 4.78 is 23.0. The van der Waals surface area contributed by atoms with Crippen LogP contribution < -0.4 is 19.7 Å². The molecule has 2 amide bonds. The number of carbonyl (C=O) groups is 3. The quantitative estimate of drug-likeness (QED) is 0.262. The highest BCUT2D eigenvalue weighted by Crippen LogP contribution is 2.35. The van der Waals surface area contributed by atoms with Crippen molar-refractivity contribution in [2.24, 2.45) is 0 Å². The van der Waals surface area contributed by atoms with E-state index in [1.807, 2.05) is 18.2 Å². The van der Waals surface area contributed by atoms with Crippen LogP contribution in [0, 0.1) is 0 Å². The van der Waals surface area contributed by atoms with Crippen LogP contribution in [0.3, 0.4) is 0 Å². The molecule has 3 aromatic carbocycles. The summed E-state index contributed by atoms with van der Waals surface area (Å²) in [5.41, 5.74) is 2.47. The van der Waals surface area contributed by atoms with Gasteiger partial charge in [-0.1, -0.05) is 23.4 Å². The Bertz CT molecular complexity index is 1600. The third kappa shape index (κ3) is 6.44. The molecule has 1 aromatic heterocycles. The van der Waals surface area contributed by atoms with Crippen LogP contribution >= 0.6 is 0 Å². The van der Waals surface area contributed by atoms with Crippen molar-refractivity contribution >= 4 is 34.5 Å². The fourth-order valence-corrected chi connectivity index (χ4v) is 5.11. The Balaban J connectivity index is 1.59. The molecule has 5 rings (SSSR count). The molecule has 1 aliphatic heterocycles. The minimum Gasteiger partial charge on any atom is -0.493 e. The van der Waals surface area contributed by atoms with E-state index in [2.05, 4.69) is 15.6 Å². The minimum atomic E-state index is -1.13. The normalized spacial score (nSPS) is 15.1. The van der Waals surface area contributed by atoms with Crippen molar-refractivity contribution in [3.05, 3.63) is 77.9 Å². The largest absolute Gasteiger partial charge is 0.493 e. The lowest BCUT2D eigenvalue weighted by molar-refractivity contribution is -0.127. The van der Waals surface area contributed by atoms with E-state index >= 15 is 0 Å². The second kappa shape index (κ2) is 13.3. The molecule has 43 heavy (non-hydrogen) atoms. The van der Waals surface area contributed by atoms with E-state index in [1.165, 1.54) is 30.9 Å². The van der Waals surface area contributed by atoms with Crippen LogP contribution in [0.4, 0.5) is 5.69 Å². The summed E-state index contributed by atoms with van der Waals surface area (Å²) in [7, 11) is 4.31. The maximum absolute atomic E-state index is 14.3. The van der Waals surface area contributed by atoms with Crippen LogP contribution in [0.15, 0.2) is 66.7 Å². The summed E-state index contributed by atoms with van der Waals surface area (Å²) in [6.45, 7) is 0.727. The van der Waals surface area contributed by atoms with Gasteiger partial charge in [-0.25, -0.2) is 9.48 Å². The Morgan fingerprint density at radius 3 is 2.49 bits per heavy atom. The van der Waals surface area contributed by atoms with Crippen molar-refractivity contribution in [1.29, 1.82) is 0 Å². The monoisotopic (exact) mass is 587 g/mol. The van der Waals surface area contributed by atoms with Gasteiger partial charge in [0.15, 0.2) is 11.5 Å². The molecule has 2 atom stereocenters. The van der Waals surface area contributed by atoms with Gasteiger partial charge in [-0.3, -0.25) is 14.5 Å². The first-order chi connectivity index (χ1) is 20.9. The van der Waals surface area contributed by atoms with Gasteiger partial charge in [0.2, 0.25) is 11.8 Å². The van der Waals surface area contributed by atoms with E-state index in [1.54, 1.807) is 48.5 Å². The molecule has 1 aliphatic rings. The van der Waals surface area contributed by atoms with Crippen LogP contribution in [-0.2, 0) is 25.6 Å². The van der Waals surface area contributed by atoms with E-state index < -0.39 is 23.8 Å². The molecule has 0 saturated carbocycles. The van der Waals surface area contributed by atoms with E-state index in [0.717, 1.165) is 12.8 Å². The van der Waals surface area contributed by atoms with Crippen LogP contribution in [0.25, 0.3) is 11.0 Å². The van der Waals surface area contributed by atoms with E-state index in [-0.39, 0.29) is 12.6 Å². The molecule has 4 aromatic rings. The molecule has 1 fully saturated rings. The molecule has 2 heterocycles. The van der Waals surface area contributed by atoms with Crippen LogP contribution in [0.1, 0.15) is 34.8 Å². The summed E-state index contributed by atoms with van der Waals surface area (Å²) >= 11 is 0. The summed E-state index contributed by atoms with van der Waals surface area (Å²) in [5.74, 6) is -0.513. The van der Waals surface area contributed by atoms with Crippen molar-refractivity contribution in [2.75, 3.05) is 39.4 Å². The first-order valence-electron chi connectivity index (χ1n) is 13.8. The Morgan fingerprint density at radius 1 is 1.02 bits per heavy atom. The molecule has 0 spiro atoms. The topological polar surface area (TPSA) is 134 Å². The Hall–Kier alpha value is -4.97. The number of amides is 2. The van der Waals surface area contributed by atoms with E-state index in [9.17, 15) is 14.4 Å². The number of nitrogens with one attached hydrogen (secondary N) is 1. The van der Waals surface area contributed by atoms with Crippen molar-refractivity contribution in [3.63, 3.8) is 0 Å². The first kappa shape index (κ1) is 29.5. The number of rotatable bonds is 11. The van der Waals surface area contributed by atoms with Gasteiger partial charge in [-0.2, -0.15) is 0 Å². The molecular weight excluding hydrogens is 554 g/mol. The number of benzene rings is 3. The average molecular weight is 588 g/mol. The van der Waals surface area contributed by atoms with Crippen LogP contribution in [-0.4, -0.2) is 73.4 Å². The van der Waals surface area contributed by atoms with Gasteiger partial charge in [0.05, 0.1) is 38.5 Å². The van der Waals surface area contributed by atoms with E-state index in [4.69, 9.17) is 18.9 Å². The molecule has 1 N–H and O–H groups in total. The third-order valence-electron chi connectivity index (χ3n) is 7.30. The second-order valence-corrected chi connectivity index (χ2v) is 9.94. The van der Waals surface area contributed by atoms with Gasteiger partial charge in [0.1, 0.15) is 18.1 Å². The third-order valence-corrected chi connectivity index (χ3v) is 7.30. The Labute approximate surface area is 248 Å². The number of para-hydroxylation sites is 1. The predicted molar refractivity (Wildman–Crippen MR) is 157 cm³/mol. The number of hydrogen-bond acceptors (Lipinski definition) is 9. The molecule has 0 bridgehead atoms. The number of esters is 1. The highest BCUT2D eigenvalue weighted by Gasteiger charge is 2.34. The summed E-state index contributed by atoms with van der Waals surface area (Å²) in [5, 5.41) is 11.3. The van der Waals surface area contributed by atoms with Crippen LogP contribution in [0.2, 0.25) is 0 Å². The molecule has 0 aliphatic carbocycles. The number of aromatic nitrogens is 3. The number of carbonyl (C=O) groups excluding carboxylic acids is 3. The molecule has 0 radical (unpaired) electrons. The number of nitrogens with zero attached hydrogens (tertiary/aromatic N) is 4. The number of ether oxygens (including phenoxy) is 4. The Morgan fingerprint density at radius 2 is 1.79 bits per heavy atom. The highest BCUT2D eigenvalue weighted by molar-refractivity contribution is 6.02. The predicted octanol–water partition coefficient (Wildman–Crippen LogP) is 3.30. The van der Waals surface area contributed by atoms with Gasteiger partial charge >= 0.3 is 5.97 Å². The average Bonchev–Trinajstić information content (AvgIpc) is 3.72. The highest BCUT2D eigenvalue weighted by atomic mass is 16.5. The van der Waals surface area contributed by atoms with Crippen molar-refractivity contribution in [2.45, 2.75) is 31.5 Å². The first-order valence-corrected chi connectivity index (χ1v) is 13.8. The maximum Gasteiger partial charge on any atom is 0.337 e. The zero-order valence-electron chi connectivity index (χ0n) is 24.2. The van der Waals surface area contributed by atoms with Gasteiger partial charge in [0.25, 0.3) is 0 Å². The summed E-state index contributed by atoms with van der Waals surface area (Å²) in [6.07, 6.45) is 1.64. The standard InChI is InChI=1S/C31H33N5O7/c1-40-26-15-12-21(17-27(26)41-2)29(30(38)32-18-23-7-6-16-43-23)36(22-13-10-20(11-14-22)31(39)42-3)28(37)19-35-25-9-5-4-8-24(25)33-34-35/h4-5,8-15,17,23,29H,6-7,16,18-19H2,1-3H3,(H,32,38)/t23-,29-/m1/s1. The van der Waals surface area contributed by atoms with Gasteiger partial charge in [-0.05, 0) is 66.9 Å². The SMILES string of the molecule is COC(=O)c1ccc(N(C(=O)Cn2nnc3ccccc32)[C@@H](C(=O)NC[C@H]2CCCO2)c2ccc(OC)c(OC)c2)cc1. The molecule has 12 heteroatoms. The van der Waals surface area contributed by atoms with Crippen LogP contribution in [0.5, 0.6) is 11.5 Å². The second-order valence-electron chi connectivity index (χ2n) is 9.94. The molecule has 0 unspecified atom stereocenters. The fourth-order valence-electron chi connectivity index (χ4n) is 5.11. The number of anilines is 1. The van der Waals surface area contributed by atoms with Crippen molar-refractivity contribution in [1.82, 2.24) is 20.3 Å². The van der Waals surface area contributed by atoms with Gasteiger partial charge in [-0.15, -0.1) is 5.10 Å². The Kier molecular flexibility index (Phi) is 9.16. The summed E-state index contributed by atoms with van der Waals surface area (Å²) in [4.78, 5) is 41.9. The fraction of sp³-hybridized carbons (Fsp3) is 0.323. The van der Waals surface area contributed by atoms with Gasteiger partial charge in [0, 0.05) is 18.8 Å². The van der Waals surface area contributed by atoms with Crippen molar-refractivity contribution in [3.8, 4) is 11.5 Å². The zero-order chi connectivity index (χ0) is 30.3. The lowest BCUT2D eigenvalue weighted by Gasteiger charge is -2.32. The lowest BCUT2D eigenvalue weighted by atomic mass is 10.0. The smallest absolute Gasteiger partial charge is 0.337 e. The summed E-state index contributed by atoms with van der Waals surface area (Å²) in [6, 6.07) is 17.5. The number of hydrogen-bond donors (Lipinski definition) is 1. The van der Waals surface area contributed by atoms with E-state index in [0.29, 0.717) is 52.5 Å². The van der Waals surface area contributed by atoms with Gasteiger partial charge < -0.3 is 24.3 Å².